The molecule has 3 nitrogen and oxygen atoms in total. The van der Waals surface area contributed by atoms with Crippen LogP contribution in [0.2, 0.25) is 0 Å². The van der Waals surface area contributed by atoms with Crippen LogP contribution in [0.25, 0.3) is 0 Å². The lowest BCUT2D eigenvalue weighted by molar-refractivity contribution is -0.141. The Morgan fingerprint density at radius 1 is 1.29 bits per heavy atom. The van der Waals surface area contributed by atoms with Crippen molar-refractivity contribution in [3.8, 4) is 0 Å². The molecular formula is C18H28N2O. The number of carbonyl (C=O) groups excluding carboxylic acids is 1. The third-order valence-corrected chi connectivity index (χ3v) is 4.84. The number of hydrogen-bond donors (Lipinski definition) is 1. The summed E-state index contributed by atoms with van der Waals surface area (Å²) in [6.07, 6.45) is 1.94. The van der Waals surface area contributed by atoms with Crippen LogP contribution in [0.3, 0.4) is 0 Å². The Hall–Kier alpha value is -1.35. The number of likely N-dealkylation sites (tertiary alicyclic amines) is 1. The summed E-state index contributed by atoms with van der Waals surface area (Å²) in [4.78, 5) is 14.9. The van der Waals surface area contributed by atoms with Crippen LogP contribution in [0.15, 0.2) is 30.3 Å². The third kappa shape index (κ3) is 3.85. The van der Waals surface area contributed by atoms with E-state index >= 15 is 0 Å². The number of hydrogen-bond acceptors (Lipinski definition) is 2. The van der Waals surface area contributed by atoms with Gasteiger partial charge in [0, 0.05) is 19.1 Å². The third-order valence-electron chi connectivity index (χ3n) is 4.84. The highest BCUT2D eigenvalue weighted by Gasteiger charge is 2.34. The molecule has 0 bridgehead atoms. The van der Waals surface area contributed by atoms with Crippen molar-refractivity contribution in [3.05, 3.63) is 35.9 Å². The summed E-state index contributed by atoms with van der Waals surface area (Å²) in [7, 11) is 0. The topological polar surface area (TPSA) is 46.3 Å². The van der Waals surface area contributed by atoms with Crippen molar-refractivity contribution >= 4 is 5.91 Å². The molecule has 0 aliphatic carbocycles. The molecule has 0 aromatic heterocycles. The molecular weight excluding hydrogens is 260 g/mol. The van der Waals surface area contributed by atoms with Crippen LogP contribution in [0.4, 0.5) is 0 Å². The average molecular weight is 288 g/mol. The zero-order valence-corrected chi connectivity index (χ0v) is 13.5. The maximum Gasteiger partial charge on any atom is 0.227 e. The van der Waals surface area contributed by atoms with E-state index < -0.39 is 0 Å². The van der Waals surface area contributed by atoms with Crippen molar-refractivity contribution in [1.82, 2.24) is 4.90 Å². The van der Waals surface area contributed by atoms with E-state index in [4.69, 9.17) is 5.73 Å². The Bertz CT molecular complexity index is 460. The van der Waals surface area contributed by atoms with E-state index in [0.717, 1.165) is 13.0 Å². The molecule has 1 aromatic rings. The van der Waals surface area contributed by atoms with E-state index in [-0.39, 0.29) is 11.8 Å². The fraction of sp³-hybridized carbons (Fsp3) is 0.611. The van der Waals surface area contributed by atoms with Crippen molar-refractivity contribution in [2.45, 2.75) is 39.7 Å². The largest absolute Gasteiger partial charge is 0.339 e. The van der Waals surface area contributed by atoms with Gasteiger partial charge in [-0.05, 0) is 37.2 Å². The van der Waals surface area contributed by atoms with E-state index in [2.05, 4.69) is 37.8 Å². The maximum atomic E-state index is 12.9. The van der Waals surface area contributed by atoms with Crippen molar-refractivity contribution in [3.63, 3.8) is 0 Å². The van der Waals surface area contributed by atoms with Crippen LogP contribution in [0.1, 0.15) is 32.8 Å². The Morgan fingerprint density at radius 2 is 1.95 bits per heavy atom. The van der Waals surface area contributed by atoms with Gasteiger partial charge in [-0.15, -0.1) is 0 Å². The second-order valence-electron chi connectivity index (χ2n) is 6.67. The maximum absolute atomic E-state index is 12.9. The van der Waals surface area contributed by atoms with Crippen LogP contribution in [-0.4, -0.2) is 29.9 Å². The number of piperidine rings is 1. The van der Waals surface area contributed by atoms with Crippen LogP contribution in [-0.2, 0) is 11.2 Å². The second kappa shape index (κ2) is 7.08. The first-order valence-corrected chi connectivity index (χ1v) is 8.07. The highest BCUT2D eigenvalue weighted by molar-refractivity contribution is 5.80. The smallest absolute Gasteiger partial charge is 0.227 e. The number of carbonyl (C=O) groups is 1. The van der Waals surface area contributed by atoms with Crippen LogP contribution >= 0.6 is 0 Å². The molecule has 0 spiro atoms. The zero-order chi connectivity index (χ0) is 15.4. The lowest BCUT2D eigenvalue weighted by Crippen LogP contribution is -2.52. The van der Waals surface area contributed by atoms with Gasteiger partial charge in [0.15, 0.2) is 0 Å². The molecule has 4 atom stereocenters. The van der Waals surface area contributed by atoms with E-state index in [1.807, 2.05) is 18.2 Å². The molecule has 21 heavy (non-hydrogen) atoms. The molecule has 4 unspecified atom stereocenters. The second-order valence-corrected chi connectivity index (χ2v) is 6.67. The molecule has 116 valence electrons. The zero-order valence-electron chi connectivity index (χ0n) is 13.5. The molecule has 1 fully saturated rings. The predicted octanol–water partition coefficient (Wildman–Crippen LogP) is 2.70. The highest BCUT2D eigenvalue weighted by Crippen LogP contribution is 2.28. The first-order chi connectivity index (χ1) is 10.0. The Morgan fingerprint density at radius 3 is 2.57 bits per heavy atom. The molecule has 1 saturated heterocycles. The molecule has 0 saturated carbocycles. The van der Waals surface area contributed by atoms with Gasteiger partial charge in [0.1, 0.15) is 0 Å². The Kier molecular flexibility index (Phi) is 5.40. The Labute approximate surface area is 128 Å². The van der Waals surface area contributed by atoms with E-state index in [0.29, 0.717) is 24.4 Å². The minimum Gasteiger partial charge on any atom is -0.339 e. The fourth-order valence-corrected chi connectivity index (χ4v) is 3.41. The number of nitrogens with zero attached hydrogens (tertiary/aromatic N) is 1. The van der Waals surface area contributed by atoms with Gasteiger partial charge >= 0.3 is 0 Å². The number of benzene rings is 1. The fourth-order valence-electron chi connectivity index (χ4n) is 3.41. The number of nitrogens with two attached hydrogens (primary N) is 1. The molecule has 1 amide bonds. The normalized spacial score (nSPS) is 27.4. The number of rotatable bonds is 4. The summed E-state index contributed by atoms with van der Waals surface area (Å²) < 4.78 is 0. The van der Waals surface area contributed by atoms with Gasteiger partial charge in [-0.2, -0.15) is 0 Å². The predicted molar refractivity (Wildman–Crippen MR) is 86.8 cm³/mol. The van der Waals surface area contributed by atoms with Gasteiger partial charge in [0.2, 0.25) is 5.91 Å². The van der Waals surface area contributed by atoms with Crippen molar-refractivity contribution in [1.29, 1.82) is 0 Å². The first kappa shape index (κ1) is 16.0. The highest BCUT2D eigenvalue weighted by atomic mass is 16.2. The SMILES string of the molecule is CC1CC(C)C(C)N(C(=O)C(CN)Cc2ccccc2)C1. The van der Waals surface area contributed by atoms with E-state index in [1.54, 1.807) is 0 Å². The van der Waals surface area contributed by atoms with Gasteiger partial charge in [-0.25, -0.2) is 0 Å². The summed E-state index contributed by atoms with van der Waals surface area (Å²) in [6, 6.07) is 10.5. The summed E-state index contributed by atoms with van der Waals surface area (Å²) in [6.45, 7) is 7.94. The van der Waals surface area contributed by atoms with Gasteiger partial charge in [0.25, 0.3) is 0 Å². The minimum atomic E-state index is -0.104. The van der Waals surface area contributed by atoms with Crippen LogP contribution in [0.5, 0.6) is 0 Å². The molecule has 0 radical (unpaired) electrons. The average Bonchev–Trinajstić information content (AvgIpc) is 2.49. The van der Waals surface area contributed by atoms with Crippen LogP contribution < -0.4 is 5.73 Å². The van der Waals surface area contributed by atoms with E-state index in [1.165, 1.54) is 12.0 Å². The Balaban J connectivity index is 2.08. The standard InChI is InChI=1S/C18H28N2O/c1-13-9-14(2)15(3)20(12-13)18(21)17(11-19)10-16-7-5-4-6-8-16/h4-8,13-15,17H,9-12,19H2,1-3H3. The van der Waals surface area contributed by atoms with Gasteiger partial charge in [-0.3, -0.25) is 4.79 Å². The summed E-state index contributed by atoms with van der Waals surface area (Å²) in [5, 5.41) is 0. The molecule has 2 rings (SSSR count). The van der Waals surface area contributed by atoms with Gasteiger partial charge in [-0.1, -0.05) is 44.2 Å². The molecule has 2 N–H and O–H groups in total. The molecule has 1 aliphatic rings. The van der Waals surface area contributed by atoms with Crippen molar-refractivity contribution in [2.24, 2.45) is 23.5 Å². The first-order valence-electron chi connectivity index (χ1n) is 8.07. The quantitative estimate of drug-likeness (QED) is 0.926. The van der Waals surface area contributed by atoms with Crippen LogP contribution in [0, 0.1) is 17.8 Å². The lowest BCUT2D eigenvalue weighted by Gasteiger charge is -2.42. The van der Waals surface area contributed by atoms with Crippen molar-refractivity contribution < 1.29 is 4.79 Å². The molecule has 3 heteroatoms. The summed E-state index contributed by atoms with van der Waals surface area (Å²) in [5.74, 6) is 1.27. The van der Waals surface area contributed by atoms with E-state index in [9.17, 15) is 4.79 Å². The molecule has 1 aliphatic heterocycles. The van der Waals surface area contributed by atoms with Gasteiger partial charge < -0.3 is 10.6 Å². The minimum absolute atomic E-state index is 0.104. The van der Waals surface area contributed by atoms with Gasteiger partial charge in [0.05, 0.1) is 5.92 Å². The molecule has 1 heterocycles. The summed E-state index contributed by atoms with van der Waals surface area (Å²) >= 11 is 0. The summed E-state index contributed by atoms with van der Waals surface area (Å²) in [5.41, 5.74) is 7.08. The monoisotopic (exact) mass is 288 g/mol. The lowest BCUT2D eigenvalue weighted by atomic mass is 9.84. The number of amides is 1. The van der Waals surface area contributed by atoms with Crippen molar-refractivity contribution in [2.75, 3.05) is 13.1 Å². The molecule has 1 aromatic carbocycles.